The lowest BCUT2D eigenvalue weighted by Gasteiger charge is -2.21. The van der Waals surface area contributed by atoms with E-state index in [0.717, 1.165) is 5.69 Å². The molecule has 0 saturated carbocycles. The molecule has 2 heterocycles. The monoisotopic (exact) mass is 275 g/mol. The Kier molecular flexibility index (Phi) is 3.85. The van der Waals surface area contributed by atoms with E-state index in [9.17, 15) is 4.79 Å². The van der Waals surface area contributed by atoms with E-state index >= 15 is 0 Å². The average molecular weight is 275 g/mol. The number of pyridine rings is 1. The maximum Gasteiger partial charge on any atom is 0.266 e. The van der Waals surface area contributed by atoms with Gasteiger partial charge in [0, 0.05) is 5.54 Å². The summed E-state index contributed by atoms with van der Waals surface area (Å²) in [5, 5.41) is 7.96. The van der Waals surface area contributed by atoms with E-state index in [2.05, 4.69) is 36.4 Å². The zero-order valence-electron chi connectivity index (χ0n) is 11.2. The van der Waals surface area contributed by atoms with Gasteiger partial charge in [-0.25, -0.2) is 4.98 Å². The van der Waals surface area contributed by atoms with Crippen LogP contribution in [0.1, 0.15) is 30.4 Å². The van der Waals surface area contributed by atoms with Crippen LogP contribution in [0.3, 0.4) is 0 Å². The first-order valence-electron chi connectivity index (χ1n) is 6.03. The van der Waals surface area contributed by atoms with E-state index in [1.54, 1.807) is 18.3 Å². The molecule has 0 bridgehead atoms. The van der Waals surface area contributed by atoms with Gasteiger partial charge in [0.1, 0.15) is 5.82 Å². The van der Waals surface area contributed by atoms with Crippen LogP contribution in [0.5, 0.6) is 0 Å². The van der Waals surface area contributed by atoms with Crippen LogP contribution in [0.4, 0.5) is 11.5 Å². The van der Waals surface area contributed by atoms with Gasteiger partial charge < -0.3 is 10.6 Å². The molecular formula is C14H17N3OS. The van der Waals surface area contributed by atoms with Crippen molar-refractivity contribution in [2.24, 2.45) is 0 Å². The van der Waals surface area contributed by atoms with Crippen molar-refractivity contribution in [1.29, 1.82) is 0 Å². The zero-order valence-corrected chi connectivity index (χ0v) is 12.0. The summed E-state index contributed by atoms with van der Waals surface area (Å²) in [6.07, 6.45) is 1.72. The van der Waals surface area contributed by atoms with Crippen LogP contribution in [0.15, 0.2) is 35.8 Å². The summed E-state index contributed by atoms with van der Waals surface area (Å²) in [6.45, 7) is 6.25. The van der Waals surface area contributed by atoms with E-state index in [1.165, 1.54) is 11.3 Å². The van der Waals surface area contributed by atoms with Gasteiger partial charge >= 0.3 is 0 Å². The summed E-state index contributed by atoms with van der Waals surface area (Å²) in [6, 6.07) is 7.33. The molecule has 0 unspecified atom stereocenters. The second-order valence-electron chi connectivity index (χ2n) is 5.24. The van der Waals surface area contributed by atoms with Gasteiger partial charge in [0.15, 0.2) is 0 Å². The van der Waals surface area contributed by atoms with Crippen molar-refractivity contribution in [3.05, 3.63) is 40.7 Å². The van der Waals surface area contributed by atoms with Crippen LogP contribution in [-0.2, 0) is 0 Å². The van der Waals surface area contributed by atoms with Crippen LogP contribution in [0.2, 0.25) is 0 Å². The van der Waals surface area contributed by atoms with Crippen molar-refractivity contribution in [3.63, 3.8) is 0 Å². The van der Waals surface area contributed by atoms with Crippen molar-refractivity contribution in [2.75, 3.05) is 10.6 Å². The molecule has 0 aromatic carbocycles. The van der Waals surface area contributed by atoms with Gasteiger partial charge in [-0.1, -0.05) is 6.07 Å². The maximum atomic E-state index is 11.8. The fourth-order valence-electron chi connectivity index (χ4n) is 1.56. The molecule has 0 radical (unpaired) electrons. The highest BCUT2D eigenvalue weighted by Gasteiger charge is 2.10. The largest absolute Gasteiger partial charge is 0.379 e. The SMILES string of the molecule is CC(C)(C)Nc1ccc(NC(=O)c2cccs2)nc1. The molecule has 0 aliphatic carbocycles. The van der Waals surface area contributed by atoms with Crippen molar-refractivity contribution in [3.8, 4) is 0 Å². The fraction of sp³-hybridized carbons (Fsp3) is 0.286. The minimum atomic E-state index is -0.126. The molecule has 100 valence electrons. The van der Waals surface area contributed by atoms with Crippen LogP contribution >= 0.6 is 11.3 Å². The molecule has 0 spiro atoms. The highest BCUT2D eigenvalue weighted by atomic mass is 32.1. The Bertz CT molecular complexity index is 541. The molecule has 4 nitrogen and oxygen atoms in total. The van der Waals surface area contributed by atoms with Gasteiger partial charge in [-0.3, -0.25) is 4.79 Å². The molecule has 0 fully saturated rings. The van der Waals surface area contributed by atoms with E-state index in [4.69, 9.17) is 0 Å². The number of thiophene rings is 1. The van der Waals surface area contributed by atoms with Crippen LogP contribution < -0.4 is 10.6 Å². The molecule has 1 amide bonds. The number of carbonyl (C=O) groups is 1. The van der Waals surface area contributed by atoms with Crippen molar-refractivity contribution >= 4 is 28.7 Å². The third-order valence-electron chi connectivity index (χ3n) is 2.27. The summed E-state index contributed by atoms with van der Waals surface area (Å²) in [4.78, 5) is 16.7. The molecule has 0 saturated heterocycles. The minimum Gasteiger partial charge on any atom is -0.379 e. The molecule has 2 rings (SSSR count). The smallest absolute Gasteiger partial charge is 0.266 e. The number of anilines is 2. The Morgan fingerprint density at radius 1 is 1.26 bits per heavy atom. The lowest BCUT2D eigenvalue weighted by atomic mass is 10.1. The molecule has 2 aromatic rings. The van der Waals surface area contributed by atoms with Gasteiger partial charge in [0.05, 0.1) is 16.8 Å². The van der Waals surface area contributed by atoms with Crippen molar-refractivity contribution in [2.45, 2.75) is 26.3 Å². The van der Waals surface area contributed by atoms with E-state index < -0.39 is 0 Å². The molecule has 0 atom stereocenters. The van der Waals surface area contributed by atoms with E-state index in [1.807, 2.05) is 17.5 Å². The highest BCUT2D eigenvalue weighted by molar-refractivity contribution is 7.12. The highest BCUT2D eigenvalue weighted by Crippen LogP contribution is 2.16. The third-order valence-corrected chi connectivity index (χ3v) is 3.14. The number of rotatable bonds is 3. The summed E-state index contributed by atoms with van der Waals surface area (Å²) in [5.41, 5.74) is 0.922. The second kappa shape index (κ2) is 5.40. The molecule has 0 aliphatic heterocycles. The molecule has 19 heavy (non-hydrogen) atoms. The molecule has 5 heteroatoms. The number of carbonyl (C=O) groups excluding carboxylic acids is 1. The van der Waals surface area contributed by atoms with Gasteiger partial charge in [-0.2, -0.15) is 0 Å². The summed E-state index contributed by atoms with van der Waals surface area (Å²) in [7, 11) is 0. The average Bonchev–Trinajstić information content (AvgIpc) is 2.83. The molecular weight excluding hydrogens is 258 g/mol. The van der Waals surface area contributed by atoms with Gasteiger partial charge in [0.2, 0.25) is 0 Å². The number of hydrogen-bond acceptors (Lipinski definition) is 4. The first-order valence-corrected chi connectivity index (χ1v) is 6.91. The lowest BCUT2D eigenvalue weighted by molar-refractivity contribution is 0.103. The molecule has 0 aliphatic rings. The first kappa shape index (κ1) is 13.5. The van der Waals surface area contributed by atoms with Crippen LogP contribution in [0, 0.1) is 0 Å². The third kappa shape index (κ3) is 4.06. The minimum absolute atomic E-state index is 0.0105. The van der Waals surface area contributed by atoms with Crippen LogP contribution in [-0.4, -0.2) is 16.4 Å². The van der Waals surface area contributed by atoms with Crippen molar-refractivity contribution < 1.29 is 4.79 Å². The lowest BCUT2D eigenvalue weighted by Crippen LogP contribution is -2.26. The number of hydrogen-bond donors (Lipinski definition) is 2. The zero-order chi connectivity index (χ0) is 13.9. The van der Waals surface area contributed by atoms with Crippen LogP contribution in [0.25, 0.3) is 0 Å². The number of aromatic nitrogens is 1. The predicted molar refractivity (Wildman–Crippen MR) is 79.9 cm³/mol. The summed E-state index contributed by atoms with van der Waals surface area (Å²) >= 11 is 1.41. The standard InChI is InChI=1S/C14H17N3OS/c1-14(2,3)17-10-6-7-12(15-9-10)16-13(18)11-5-4-8-19-11/h4-9,17H,1-3H3,(H,15,16,18). The Morgan fingerprint density at radius 3 is 2.58 bits per heavy atom. The Morgan fingerprint density at radius 2 is 2.05 bits per heavy atom. The Hall–Kier alpha value is -1.88. The quantitative estimate of drug-likeness (QED) is 0.899. The Labute approximate surface area is 116 Å². The van der Waals surface area contributed by atoms with Gasteiger partial charge in [-0.15, -0.1) is 11.3 Å². The van der Waals surface area contributed by atoms with Crippen molar-refractivity contribution in [1.82, 2.24) is 4.98 Å². The predicted octanol–water partition coefficient (Wildman–Crippen LogP) is 3.61. The number of amides is 1. The fourth-order valence-corrected chi connectivity index (χ4v) is 2.18. The van der Waals surface area contributed by atoms with Gasteiger partial charge in [0.25, 0.3) is 5.91 Å². The summed E-state index contributed by atoms with van der Waals surface area (Å²) in [5.74, 6) is 0.428. The molecule has 2 aromatic heterocycles. The number of nitrogens with zero attached hydrogens (tertiary/aromatic N) is 1. The van der Waals surface area contributed by atoms with E-state index in [0.29, 0.717) is 10.7 Å². The summed E-state index contributed by atoms with van der Waals surface area (Å²) < 4.78 is 0. The van der Waals surface area contributed by atoms with E-state index in [-0.39, 0.29) is 11.4 Å². The topological polar surface area (TPSA) is 54.0 Å². The van der Waals surface area contributed by atoms with Gasteiger partial charge in [-0.05, 0) is 44.4 Å². The number of nitrogens with one attached hydrogen (secondary N) is 2. The normalized spacial score (nSPS) is 11.1. The first-order chi connectivity index (χ1) is 8.94. The maximum absolute atomic E-state index is 11.8. The molecule has 2 N–H and O–H groups in total. The second-order valence-corrected chi connectivity index (χ2v) is 6.19. The Balaban J connectivity index is 2.01.